The molecule has 0 spiro atoms. The molecule has 5 nitrogen and oxygen atoms in total. The first kappa shape index (κ1) is 13.4. The molecule has 0 unspecified atom stereocenters. The van der Waals surface area contributed by atoms with Gasteiger partial charge in [-0.2, -0.15) is 0 Å². The fraction of sp³-hybridized carbons (Fsp3) is 0.533. The SMILES string of the molecule is O=C(NCCN1CCOCC1)N1CCc2ccccc21. The fourth-order valence-corrected chi connectivity index (χ4v) is 2.79. The average Bonchev–Trinajstić information content (AvgIpc) is 2.92. The van der Waals surface area contributed by atoms with Gasteiger partial charge in [0.05, 0.1) is 13.2 Å². The monoisotopic (exact) mass is 275 g/mol. The number of amides is 2. The lowest BCUT2D eigenvalue weighted by Gasteiger charge is -2.27. The number of carbonyl (C=O) groups excluding carboxylic acids is 1. The third-order valence-electron chi connectivity index (χ3n) is 3.94. The Kier molecular flexibility index (Phi) is 4.18. The Morgan fingerprint density at radius 1 is 1.20 bits per heavy atom. The first-order valence-corrected chi connectivity index (χ1v) is 7.28. The Bertz CT molecular complexity index is 472. The largest absolute Gasteiger partial charge is 0.379 e. The molecule has 5 heteroatoms. The van der Waals surface area contributed by atoms with Crippen LogP contribution in [0.15, 0.2) is 24.3 Å². The van der Waals surface area contributed by atoms with Gasteiger partial charge in [-0.1, -0.05) is 18.2 Å². The quantitative estimate of drug-likeness (QED) is 0.898. The van der Waals surface area contributed by atoms with E-state index in [-0.39, 0.29) is 6.03 Å². The van der Waals surface area contributed by atoms with Gasteiger partial charge < -0.3 is 10.1 Å². The molecule has 0 saturated carbocycles. The van der Waals surface area contributed by atoms with Gasteiger partial charge in [0.25, 0.3) is 0 Å². The lowest BCUT2D eigenvalue weighted by Crippen LogP contribution is -2.44. The molecule has 0 atom stereocenters. The molecule has 1 N–H and O–H groups in total. The summed E-state index contributed by atoms with van der Waals surface area (Å²) in [6, 6.07) is 8.14. The Balaban J connectivity index is 1.48. The molecular formula is C15H21N3O2. The third-order valence-corrected chi connectivity index (χ3v) is 3.94. The number of carbonyl (C=O) groups is 1. The number of morpholine rings is 1. The second kappa shape index (κ2) is 6.24. The zero-order valence-corrected chi connectivity index (χ0v) is 11.7. The molecule has 108 valence electrons. The van der Waals surface area contributed by atoms with Crippen molar-refractivity contribution in [3.05, 3.63) is 29.8 Å². The maximum Gasteiger partial charge on any atom is 0.321 e. The van der Waals surface area contributed by atoms with Crippen LogP contribution in [0.4, 0.5) is 10.5 Å². The van der Waals surface area contributed by atoms with Crippen molar-refractivity contribution >= 4 is 11.7 Å². The van der Waals surface area contributed by atoms with E-state index < -0.39 is 0 Å². The number of hydrogen-bond acceptors (Lipinski definition) is 3. The number of fused-ring (bicyclic) bond motifs is 1. The molecule has 1 saturated heterocycles. The van der Waals surface area contributed by atoms with E-state index in [4.69, 9.17) is 4.74 Å². The van der Waals surface area contributed by atoms with Crippen molar-refractivity contribution < 1.29 is 9.53 Å². The minimum Gasteiger partial charge on any atom is -0.379 e. The number of hydrogen-bond donors (Lipinski definition) is 1. The number of benzene rings is 1. The second-order valence-electron chi connectivity index (χ2n) is 5.22. The molecule has 2 aliphatic rings. The molecule has 2 aliphatic heterocycles. The van der Waals surface area contributed by atoms with Crippen molar-refractivity contribution in [1.82, 2.24) is 10.2 Å². The van der Waals surface area contributed by atoms with Crippen molar-refractivity contribution in [2.24, 2.45) is 0 Å². The number of nitrogens with zero attached hydrogens (tertiary/aromatic N) is 2. The predicted molar refractivity (Wildman–Crippen MR) is 78.1 cm³/mol. The molecular weight excluding hydrogens is 254 g/mol. The number of ether oxygens (including phenoxy) is 1. The van der Waals surface area contributed by atoms with Crippen LogP contribution in [0.2, 0.25) is 0 Å². The van der Waals surface area contributed by atoms with Crippen molar-refractivity contribution in [2.75, 3.05) is 50.8 Å². The summed E-state index contributed by atoms with van der Waals surface area (Å²) in [5, 5.41) is 3.02. The van der Waals surface area contributed by atoms with Crippen LogP contribution in [-0.2, 0) is 11.2 Å². The Hall–Kier alpha value is -1.59. The molecule has 2 heterocycles. The van der Waals surface area contributed by atoms with Crippen LogP contribution in [0, 0.1) is 0 Å². The number of rotatable bonds is 3. The van der Waals surface area contributed by atoms with E-state index in [1.807, 2.05) is 23.1 Å². The van der Waals surface area contributed by atoms with E-state index in [0.29, 0.717) is 6.54 Å². The van der Waals surface area contributed by atoms with Crippen molar-refractivity contribution in [1.29, 1.82) is 0 Å². The van der Waals surface area contributed by atoms with Crippen LogP contribution >= 0.6 is 0 Å². The van der Waals surface area contributed by atoms with Crippen LogP contribution in [0.25, 0.3) is 0 Å². The normalized spacial score (nSPS) is 18.9. The predicted octanol–water partition coefficient (Wildman–Crippen LogP) is 1.09. The van der Waals surface area contributed by atoms with Crippen LogP contribution in [-0.4, -0.2) is 56.9 Å². The summed E-state index contributed by atoms with van der Waals surface area (Å²) >= 11 is 0. The molecule has 0 bridgehead atoms. The lowest BCUT2D eigenvalue weighted by atomic mass is 10.2. The van der Waals surface area contributed by atoms with Gasteiger partial charge in [0, 0.05) is 38.4 Å². The van der Waals surface area contributed by atoms with Gasteiger partial charge in [-0.25, -0.2) is 4.79 Å². The highest BCUT2D eigenvalue weighted by Crippen LogP contribution is 2.27. The summed E-state index contributed by atoms with van der Waals surface area (Å²) in [4.78, 5) is 16.4. The first-order chi connectivity index (χ1) is 9.84. The number of nitrogens with one attached hydrogen (secondary N) is 1. The van der Waals surface area contributed by atoms with E-state index in [2.05, 4.69) is 16.3 Å². The summed E-state index contributed by atoms with van der Waals surface area (Å²) in [5.74, 6) is 0. The van der Waals surface area contributed by atoms with Crippen molar-refractivity contribution in [3.8, 4) is 0 Å². The van der Waals surface area contributed by atoms with E-state index >= 15 is 0 Å². The van der Waals surface area contributed by atoms with Crippen molar-refractivity contribution in [2.45, 2.75) is 6.42 Å². The van der Waals surface area contributed by atoms with Gasteiger partial charge in [0.15, 0.2) is 0 Å². The average molecular weight is 275 g/mol. The molecule has 1 fully saturated rings. The summed E-state index contributed by atoms with van der Waals surface area (Å²) in [6.45, 7) is 5.89. The van der Waals surface area contributed by atoms with E-state index in [9.17, 15) is 4.79 Å². The Morgan fingerprint density at radius 3 is 2.85 bits per heavy atom. The molecule has 0 aliphatic carbocycles. The minimum absolute atomic E-state index is 0.0169. The highest BCUT2D eigenvalue weighted by Gasteiger charge is 2.23. The fourth-order valence-electron chi connectivity index (χ4n) is 2.79. The van der Waals surface area contributed by atoms with Crippen molar-refractivity contribution in [3.63, 3.8) is 0 Å². The van der Waals surface area contributed by atoms with Crippen LogP contribution in [0.5, 0.6) is 0 Å². The van der Waals surface area contributed by atoms with Gasteiger partial charge in [-0.05, 0) is 18.1 Å². The maximum absolute atomic E-state index is 12.2. The summed E-state index contributed by atoms with van der Waals surface area (Å²) in [6.07, 6.45) is 0.951. The number of anilines is 1. The van der Waals surface area contributed by atoms with E-state index in [0.717, 1.165) is 51.5 Å². The van der Waals surface area contributed by atoms with Gasteiger partial charge in [-0.3, -0.25) is 9.80 Å². The highest BCUT2D eigenvalue weighted by atomic mass is 16.5. The molecule has 2 amide bonds. The number of para-hydroxylation sites is 1. The topological polar surface area (TPSA) is 44.8 Å². The molecule has 1 aromatic rings. The lowest BCUT2D eigenvalue weighted by molar-refractivity contribution is 0.0387. The minimum atomic E-state index is 0.0169. The molecule has 3 rings (SSSR count). The molecule has 20 heavy (non-hydrogen) atoms. The molecule has 0 aromatic heterocycles. The Morgan fingerprint density at radius 2 is 2.00 bits per heavy atom. The standard InChI is InChI=1S/C15H21N3O2/c19-15(16-6-8-17-9-11-20-12-10-17)18-7-5-13-3-1-2-4-14(13)18/h1-4H,5-12H2,(H,16,19). The maximum atomic E-state index is 12.2. The van der Waals surface area contributed by atoms with Gasteiger partial charge in [-0.15, -0.1) is 0 Å². The van der Waals surface area contributed by atoms with Crippen LogP contribution < -0.4 is 10.2 Å². The number of urea groups is 1. The van der Waals surface area contributed by atoms with Gasteiger partial charge in [0.1, 0.15) is 0 Å². The highest BCUT2D eigenvalue weighted by molar-refractivity contribution is 5.94. The first-order valence-electron chi connectivity index (χ1n) is 7.28. The van der Waals surface area contributed by atoms with E-state index in [1.165, 1.54) is 5.56 Å². The third kappa shape index (κ3) is 2.94. The van der Waals surface area contributed by atoms with Gasteiger partial charge >= 0.3 is 6.03 Å². The summed E-state index contributed by atoms with van der Waals surface area (Å²) in [5.41, 5.74) is 2.31. The summed E-state index contributed by atoms with van der Waals surface area (Å²) < 4.78 is 5.31. The molecule has 1 aromatic carbocycles. The zero-order valence-electron chi connectivity index (χ0n) is 11.7. The smallest absolute Gasteiger partial charge is 0.321 e. The van der Waals surface area contributed by atoms with Gasteiger partial charge in [0.2, 0.25) is 0 Å². The molecule has 0 radical (unpaired) electrons. The zero-order chi connectivity index (χ0) is 13.8. The van der Waals surface area contributed by atoms with Crippen LogP contribution in [0.3, 0.4) is 0 Å². The van der Waals surface area contributed by atoms with E-state index in [1.54, 1.807) is 0 Å². The summed E-state index contributed by atoms with van der Waals surface area (Å²) in [7, 11) is 0. The van der Waals surface area contributed by atoms with Crippen LogP contribution in [0.1, 0.15) is 5.56 Å². The Labute approximate surface area is 119 Å². The second-order valence-corrected chi connectivity index (χ2v) is 5.22.